The van der Waals surface area contributed by atoms with Crippen molar-refractivity contribution < 1.29 is 13.9 Å². The largest absolute Gasteiger partial charge is 0.497 e. The smallest absolute Gasteiger partial charge is 0.196 e. The number of hydrogen-bond donors (Lipinski definition) is 0. The molecule has 2 aromatic rings. The van der Waals surface area contributed by atoms with Gasteiger partial charge in [-0.1, -0.05) is 18.2 Å². The van der Waals surface area contributed by atoms with E-state index in [0.29, 0.717) is 16.9 Å². The van der Waals surface area contributed by atoms with Crippen LogP contribution in [0.25, 0.3) is 5.57 Å². The van der Waals surface area contributed by atoms with Crippen LogP contribution in [-0.4, -0.2) is 12.9 Å². The number of benzene rings is 1. The molecule has 1 aromatic heterocycles. The summed E-state index contributed by atoms with van der Waals surface area (Å²) in [6.45, 7) is 5.76. The van der Waals surface area contributed by atoms with E-state index in [2.05, 4.69) is 6.58 Å². The van der Waals surface area contributed by atoms with Crippen LogP contribution in [0.2, 0.25) is 0 Å². The van der Waals surface area contributed by atoms with Gasteiger partial charge in [-0.2, -0.15) is 0 Å². The summed E-state index contributed by atoms with van der Waals surface area (Å²) in [5.74, 6) is 0.549. The van der Waals surface area contributed by atoms with E-state index in [0.717, 1.165) is 11.1 Å². The van der Waals surface area contributed by atoms with Crippen LogP contribution in [0.1, 0.15) is 28.4 Å². The van der Waals surface area contributed by atoms with Crippen LogP contribution in [-0.2, 0) is 0 Å². The van der Waals surface area contributed by atoms with Crippen molar-refractivity contribution in [3.63, 3.8) is 0 Å². The van der Waals surface area contributed by atoms with Gasteiger partial charge in [-0.25, -0.2) is 0 Å². The van der Waals surface area contributed by atoms with Crippen LogP contribution in [0.15, 0.2) is 47.8 Å². The van der Waals surface area contributed by atoms with E-state index in [9.17, 15) is 4.79 Å². The van der Waals surface area contributed by atoms with Gasteiger partial charge >= 0.3 is 0 Å². The predicted molar refractivity (Wildman–Crippen MR) is 69.8 cm³/mol. The first-order chi connectivity index (χ1) is 8.63. The highest BCUT2D eigenvalue weighted by atomic mass is 16.5. The van der Waals surface area contributed by atoms with E-state index < -0.39 is 0 Å². The first kappa shape index (κ1) is 12.2. The molecule has 0 saturated heterocycles. The van der Waals surface area contributed by atoms with Crippen molar-refractivity contribution in [3.05, 3.63) is 60.1 Å². The number of allylic oxidation sites excluding steroid dienone is 1. The molecule has 18 heavy (non-hydrogen) atoms. The minimum absolute atomic E-state index is 0.0966. The summed E-state index contributed by atoms with van der Waals surface area (Å²) in [6.07, 6.45) is 2.91. The molecule has 0 fully saturated rings. The van der Waals surface area contributed by atoms with E-state index in [-0.39, 0.29) is 5.78 Å². The van der Waals surface area contributed by atoms with E-state index in [4.69, 9.17) is 9.15 Å². The lowest BCUT2D eigenvalue weighted by Crippen LogP contribution is -2.04. The molecule has 3 heteroatoms. The lowest BCUT2D eigenvalue weighted by molar-refractivity contribution is 0.103. The predicted octanol–water partition coefficient (Wildman–Crippen LogP) is 3.55. The molecule has 0 radical (unpaired) electrons. The second kappa shape index (κ2) is 4.92. The van der Waals surface area contributed by atoms with E-state index in [1.165, 1.54) is 12.5 Å². The van der Waals surface area contributed by atoms with Crippen LogP contribution in [0.4, 0.5) is 0 Å². The SMILES string of the molecule is C=C(C)c1ccc(OC)cc1C(=O)c1ccoc1. The zero-order valence-electron chi connectivity index (χ0n) is 10.4. The van der Waals surface area contributed by atoms with Gasteiger partial charge in [0, 0.05) is 5.56 Å². The highest BCUT2D eigenvalue weighted by Gasteiger charge is 2.16. The number of rotatable bonds is 4. The van der Waals surface area contributed by atoms with Gasteiger partial charge in [-0.15, -0.1) is 0 Å². The fourth-order valence-corrected chi connectivity index (χ4v) is 1.76. The maximum Gasteiger partial charge on any atom is 0.196 e. The van der Waals surface area contributed by atoms with Crippen LogP contribution < -0.4 is 4.74 Å². The Morgan fingerprint density at radius 1 is 1.28 bits per heavy atom. The fraction of sp³-hybridized carbons (Fsp3) is 0.133. The third-order valence-corrected chi connectivity index (χ3v) is 2.71. The number of carbonyl (C=O) groups is 1. The minimum atomic E-state index is -0.0966. The fourth-order valence-electron chi connectivity index (χ4n) is 1.76. The minimum Gasteiger partial charge on any atom is -0.497 e. The van der Waals surface area contributed by atoms with Crippen molar-refractivity contribution in [2.45, 2.75) is 6.92 Å². The quantitative estimate of drug-likeness (QED) is 0.769. The van der Waals surface area contributed by atoms with E-state index >= 15 is 0 Å². The third-order valence-electron chi connectivity index (χ3n) is 2.71. The Labute approximate surface area is 106 Å². The summed E-state index contributed by atoms with van der Waals surface area (Å²) in [7, 11) is 1.57. The first-order valence-corrected chi connectivity index (χ1v) is 5.54. The number of furan rings is 1. The number of ketones is 1. The normalized spacial score (nSPS) is 10.1. The zero-order valence-corrected chi connectivity index (χ0v) is 10.4. The van der Waals surface area contributed by atoms with Crippen LogP contribution in [0.3, 0.4) is 0 Å². The average molecular weight is 242 g/mol. The first-order valence-electron chi connectivity index (χ1n) is 5.54. The molecule has 0 aliphatic carbocycles. The molecule has 0 saturated carbocycles. The van der Waals surface area contributed by atoms with Crippen molar-refractivity contribution >= 4 is 11.4 Å². The average Bonchev–Trinajstić information content (AvgIpc) is 2.90. The highest BCUT2D eigenvalue weighted by molar-refractivity contribution is 6.11. The molecular formula is C15H14O3. The number of ether oxygens (including phenoxy) is 1. The van der Waals surface area contributed by atoms with E-state index in [1.54, 1.807) is 19.2 Å². The van der Waals surface area contributed by atoms with Gasteiger partial charge in [-0.05, 0) is 30.7 Å². The highest BCUT2D eigenvalue weighted by Crippen LogP contribution is 2.25. The maximum atomic E-state index is 12.3. The van der Waals surface area contributed by atoms with Crippen molar-refractivity contribution in [1.29, 1.82) is 0 Å². The number of hydrogen-bond acceptors (Lipinski definition) is 3. The molecule has 2 rings (SSSR count). The van der Waals surface area contributed by atoms with Gasteiger partial charge in [-0.3, -0.25) is 4.79 Å². The molecule has 0 atom stereocenters. The van der Waals surface area contributed by atoms with Crippen LogP contribution >= 0.6 is 0 Å². The molecule has 1 heterocycles. The van der Waals surface area contributed by atoms with Crippen LogP contribution in [0.5, 0.6) is 5.75 Å². The molecule has 0 aliphatic rings. The summed E-state index contributed by atoms with van der Waals surface area (Å²) in [5, 5.41) is 0. The Morgan fingerprint density at radius 3 is 2.61 bits per heavy atom. The number of carbonyl (C=O) groups excluding carboxylic acids is 1. The molecular weight excluding hydrogens is 228 g/mol. The summed E-state index contributed by atoms with van der Waals surface area (Å²) < 4.78 is 10.1. The standard InChI is InChI=1S/C15H14O3/c1-10(2)13-5-4-12(17-3)8-14(13)15(16)11-6-7-18-9-11/h4-9H,1H2,2-3H3. The van der Waals surface area contributed by atoms with E-state index in [1.807, 2.05) is 19.1 Å². The molecule has 1 aromatic carbocycles. The molecule has 92 valence electrons. The van der Waals surface area contributed by atoms with Crippen molar-refractivity contribution in [1.82, 2.24) is 0 Å². The van der Waals surface area contributed by atoms with Gasteiger partial charge in [0.05, 0.1) is 18.9 Å². The Kier molecular flexibility index (Phi) is 3.33. The zero-order chi connectivity index (χ0) is 13.1. The molecule has 0 amide bonds. The summed E-state index contributed by atoms with van der Waals surface area (Å²) in [5.41, 5.74) is 2.75. The second-order valence-electron chi connectivity index (χ2n) is 4.03. The van der Waals surface area contributed by atoms with Crippen LogP contribution in [0, 0.1) is 0 Å². The summed E-state index contributed by atoms with van der Waals surface area (Å²) >= 11 is 0. The van der Waals surface area contributed by atoms with Gasteiger partial charge in [0.2, 0.25) is 0 Å². The molecule has 3 nitrogen and oxygen atoms in total. The second-order valence-corrected chi connectivity index (χ2v) is 4.03. The summed E-state index contributed by atoms with van der Waals surface area (Å²) in [6, 6.07) is 7.02. The Morgan fingerprint density at radius 2 is 2.06 bits per heavy atom. The van der Waals surface area contributed by atoms with Gasteiger partial charge in [0.15, 0.2) is 5.78 Å². The lowest BCUT2D eigenvalue weighted by atomic mass is 9.96. The molecule has 0 N–H and O–H groups in total. The molecule has 0 spiro atoms. The monoisotopic (exact) mass is 242 g/mol. The topological polar surface area (TPSA) is 39.4 Å². The lowest BCUT2D eigenvalue weighted by Gasteiger charge is -2.09. The van der Waals surface area contributed by atoms with Gasteiger partial charge < -0.3 is 9.15 Å². The Balaban J connectivity index is 2.53. The van der Waals surface area contributed by atoms with Crippen molar-refractivity contribution in [2.24, 2.45) is 0 Å². The van der Waals surface area contributed by atoms with Crippen molar-refractivity contribution in [2.75, 3.05) is 7.11 Å². The van der Waals surface area contributed by atoms with Gasteiger partial charge in [0.25, 0.3) is 0 Å². The molecule has 0 aliphatic heterocycles. The van der Waals surface area contributed by atoms with Gasteiger partial charge in [0.1, 0.15) is 12.0 Å². The maximum absolute atomic E-state index is 12.3. The van der Waals surface area contributed by atoms with Crippen molar-refractivity contribution in [3.8, 4) is 5.75 Å². The molecule has 0 unspecified atom stereocenters. The summed E-state index contributed by atoms with van der Waals surface area (Å²) in [4.78, 5) is 12.3. The Hall–Kier alpha value is -2.29. The third kappa shape index (κ3) is 2.20. The Bertz CT molecular complexity index is 580. The molecule has 0 bridgehead atoms. The number of methoxy groups -OCH3 is 1.